The number of hydrazone groups is 1. The molecule has 0 heterocycles. The van der Waals surface area contributed by atoms with Crippen molar-refractivity contribution < 1.29 is 26.9 Å². The molecule has 0 radical (unpaired) electrons. The Morgan fingerprint density at radius 3 is 2.41 bits per heavy atom. The van der Waals surface area contributed by atoms with Crippen molar-refractivity contribution in [2.45, 2.75) is 11.8 Å². The molecule has 0 fully saturated rings. The van der Waals surface area contributed by atoms with E-state index in [4.69, 9.17) is 36.9 Å². The van der Waals surface area contributed by atoms with Gasteiger partial charge in [0, 0.05) is 5.02 Å². The number of benzene rings is 3. The molecule has 0 aliphatic carbocycles. The number of carbonyl (C=O) groups is 1. The highest BCUT2D eigenvalue weighted by Crippen LogP contribution is 2.31. The maximum atomic E-state index is 12.7. The van der Waals surface area contributed by atoms with Gasteiger partial charge >= 0.3 is 10.1 Å². The Morgan fingerprint density at radius 1 is 1.03 bits per heavy atom. The van der Waals surface area contributed by atoms with E-state index in [0.29, 0.717) is 16.3 Å². The van der Waals surface area contributed by atoms with Crippen LogP contribution in [0.2, 0.25) is 10.0 Å². The molecule has 0 saturated carbocycles. The number of nitrogens with zero attached hydrogens (tertiary/aromatic N) is 1. The molecule has 178 valence electrons. The van der Waals surface area contributed by atoms with Crippen molar-refractivity contribution >= 4 is 45.4 Å². The molecule has 0 bridgehead atoms. The van der Waals surface area contributed by atoms with Crippen LogP contribution in [0.1, 0.15) is 22.8 Å². The highest BCUT2D eigenvalue weighted by Gasteiger charge is 2.19. The molecule has 3 rings (SSSR count). The number of ether oxygens (including phenoxy) is 2. The third-order valence-corrected chi connectivity index (χ3v) is 6.17. The Balaban J connectivity index is 1.76. The van der Waals surface area contributed by atoms with Crippen LogP contribution in [0.5, 0.6) is 17.2 Å². The first kappa shape index (κ1) is 25.4. The molecular weight excluding hydrogens is 503 g/mol. The summed E-state index contributed by atoms with van der Waals surface area (Å²) in [7, 11) is -2.62. The van der Waals surface area contributed by atoms with Crippen molar-refractivity contribution in [2.75, 3.05) is 13.7 Å². The molecule has 8 nitrogen and oxygen atoms in total. The minimum absolute atomic E-state index is 0.00630. The van der Waals surface area contributed by atoms with E-state index in [1.165, 1.54) is 61.9 Å². The number of carbonyl (C=O) groups excluding carboxylic acids is 1. The second-order valence-corrected chi connectivity index (χ2v) is 9.07. The van der Waals surface area contributed by atoms with E-state index in [2.05, 4.69) is 10.5 Å². The number of nitrogens with one attached hydrogen (secondary N) is 1. The lowest BCUT2D eigenvalue weighted by molar-refractivity contribution is 0.0955. The standard InChI is InChI=1S/C23H20Cl2N2O6S/c1-3-32-22-12-15(14-26-27-23(28)19-10-5-16(24)13-20(19)25)4-11-21(22)33-34(29,30)18-8-6-17(31-2)7-9-18/h4-14H,3H2,1-2H3,(H,27,28)/b26-14-. The van der Waals surface area contributed by atoms with E-state index in [-0.39, 0.29) is 33.6 Å². The van der Waals surface area contributed by atoms with Gasteiger partial charge in [-0.3, -0.25) is 4.79 Å². The topological polar surface area (TPSA) is 103 Å². The Morgan fingerprint density at radius 2 is 1.76 bits per heavy atom. The fourth-order valence-corrected chi connectivity index (χ4v) is 4.18. The van der Waals surface area contributed by atoms with E-state index in [0.717, 1.165) is 0 Å². The van der Waals surface area contributed by atoms with Gasteiger partial charge in [0.15, 0.2) is 11.5 Å². The highest BCUT2D eigenvalue weighted by molar-refractivity contribution is 7.87. The summed E-state index contributed by atoms with van der Waals surface area (Å²) in [5, 5.41) is 4.51. The third kappa shape index (κ3) is 6.40. The maximum Gasteiger partial charge on any atom is 0.339 e. The normalized spacial score (nSPS) is 11.3. The van der Waals surface area contributed by atoms with Gasteiger partial charge in [0.2, 0.25) is 0 Å². The number of halogens is 2. The van der Waals surface area contributed by atoms with Crippen molar-refractivity contribution in [1.29, 1.82) is 0 Å². The molecule has 0 unspecified atom stereocenters. The molecule has 0 aromatic heterocycles. The summed E-state index contributed by atoms with van der Waals surface area (Å²) in [5.74, 6) is 0.193. The van der Waals surface area contributed by atoms with E-state index >= 15 is 0 Å². The zero-order valence-corrected chi connectivity index (χ0v) is 20.4. The molecule has 3 aromatic rings. The molecule has 0 spiro atoms. The lowest BCUT2D eigenvalue weighted by atomic mass is 10.2. The average Bonchev–Trinajstić information content (AvgIpc) is 2.80. The van der Waals surface area contributed by atoms with E-state index in [9.17, 15) is 13.2 Å². The van der Waals surface area contributed by atoms with Crippen LogP contribution in [0.3, 0.4) is 0 Å². The maximum absolute atomic E-state index is 12.7. The third-order valence-electron chi connectivity index (χ3n) is 4.37. The number of rotatable bonds is 9. The monoisotopic (exact) mass is 522 g/mol. The minimum atomic E-state index is -4.11. The molecule has 11 heteroatoms. The van der Waals surface area contributed by atoms with Crippen LogP contribution in [0.25, 0.3) is 0 Å². The number of hydrogen-bond acceptors (Lipinski definition) is 7. The lowest BCUT2D eigenvalue weighted by Gasteiger charge is -2.12. The van der Waals surface area contributed by atoms with Crippen LogP contribution in [-0.2, 0) is 10.1 Å². The predicted molar refractivity (Wildman–Crippen MR) is 130 cm³/mol. The van der Waals surface area contributed by atoms with E-state index in [1.54, 1.807) is 19.1 Å². The molecule has 0 aliphatic rings. The molecule has 0 atom stereocenters. The van der Waals surface area contributed by atoms with Crippen LogP contribution in [0.15, 0.2) is 70.7 Å². The summed E-state index contributed by atoms with van der Waals surface area (Å²) in [6.07, 6.45) is 1.37. The molecule has 1 amide bonds. The highest BCUT2D eigenvalue weighted by atomic mass is 35.5. The summed E-state index contributed by atoms with van der Waals surface area (Å²) in [6, 6.07) is 14.8. The van der Waals surface area contributed by atoms with Gasteiger partial charge in [-0.2, -0.15) is 13.5 Å². The van der Waals surface area contributed by atoms with Crippen LogP contribution >= 0.6 is 23.2 Å². The Kier molecular flexibility index (Phi) is 8.38. The van der Waals surface area contributed by atoms with Crippen LogP contribution in [0.4, 0.5) is 0 Å². The smallest absolute Gasteiger partial charge is 0.339 e. The van der Waals surface area contributed by atoms with Crippen molar-refractivity contribution in [3.8, 4) is 17.2 Å². The van der Waals surface area contributed by atoms with Crippen molar-refractivity contribution in [3.63, 3.8) is 0 Å². The predicted octanol–water partition coefficient (Wildman–Crippen LogP) is 4.93. The Bertz CT molecular complexity index is 1310. The van der Waals surface area contributed by atoms with E-state index in [1.807, 2.05) is 0 Å². The van der Waals surface area contributed by atoms with Crippen LogP contribution in [0, 0.1) is 0 Å². The van der Waals surface area contributed by atoms with Gasteiger partial charge in [0.1, 0.15) is 10.6 Å². The van der Waals surface area contributed by atoms with E-state index < -0.39 is 16.0 Å². The molecule has 3 aromatic carbocycles. The van der Waals surface area contributed by atoms with Gasteiger partial charge in [0.05, 0.1) is 30.5 Å². The van der Waals surface area contributed by atoms with Gasteiger partial charge in [-0.1, -0.05) is 23.2 Å². The molecule has 34 heavy (non-hydrogen) atoms. The number of amides is 1. The van der Waals surface area contributed by atoms with Gasteiger partial charge in [0.25, 0.3) is 5.91 Å². The SMILES string of the molecule is CCOc1cc(/C=N\NC(=O)c2ccc(Cl)cc2Cl)ccc1OS(=O)(=O)c1ccc(OC)cc1. The van der Waals surface area contributed by atoms with Gasteiger partial charge in [-0.15, -0.1) is 0 Å². The fraction of sp³-hybridized carbons (Fsp3) is 0.130. The summed E-state index contributed by atoms with van der Waals surface area (Å²) in [6.45, 7) is 2.02. The fourth-order valence-electron chi connectivity index (χ4n) is 2.75. The Hall–Kier alpha value is -3.27. The average molecular weight is 523 g/mol. The van der Waals surface area contributed by atoms with Crippen LogP contribution < -0.4 is 19.1 Å². The summed E-state index contributed by atoms with van der Waals surface area (Å²) in [4.78, 5) is 12.2. The van der Waals surface area contributed by atoms with Gasteiger partial charge < -0.3 is 13.7 Å². The first-order valence-corrected chi connectivity index (χ1v) is 12.0. The quantitative estimate of drug-likeness (QED) is 0.242. The first-order valence-electron chi connectivity index (χ1n) is 9.87. The van der Waals surface area contributed by atoms with Gasteiger partial charge in [-0.25, -0.2) is 5.43 Å². The van der Waals surface area contributed by atoms with Crippen molar-refractivity contribution in [2.24, 2.45) is 5.10 Å². The lowest BCUT2D eigenvalue weighted by Crippen LogP contribution is -2.18. The van der Waals surface area contributed by atoms with Crippen molar-refractivity contribution in [3.05, 3.63) is 81.8 Å². The number of methoxy groups -OCH3 is 1. The summed E-state index contributed by atoms with van der Waals surface area (Å²) < 4.78 is 41.2. The molecule has 1 N–H and O–H groups in total. The zero-order valence-electron chi connectivity index (χ0n) is 18.1. The Labute approximate surface area is 207 Å². The van der Waals surface area contributed by atoms with Gasteiger partial charge in [-0.05, 0) is 73.2 Å². The first-order chi connectivity index (χ1) is 16.2. The largest absolute Gasteiger partial charge is 0.497 e. The summed E-state index contributed by atoms with van der Waals surface area (Å²) in [5.41, 5.74) is 3.11. The molecule has 0 aliphatic heterocycles. The zero-order chi connectivity index (χ0) is 24.7. The second kappa shape index (κ2) is 11.2. The minimum Gasteiger partial charge on any atom is -0.497 e. The van der Waals surface area contributed by atoms with Crippen LogP contribution in [-0.4, -0.2) is 34.3 Å². The molecular formula is C23H20Cl2N2O6S. The van der Waals surface area contributed by atoms with Crippen molar-refractivity contribution in [1.82, 2.24) is 5.43 Å². The number of hydrogen-bond donors (Lipinski definition) is 1. The molecule has 0 saturated heterocycles. The summed E-state index contributed by atoms with van der Waals surface area (Å²) >= 11 is 11.9. The second-order valence-electron chi connectivity index (χ2n) is 6.68.